The first-order valence-electron chi connectivity index (χ1n) is 9.06. The van der Waals surface area contributed by atoms with Crippen LogP contribution in [0.4, 0.5) is 0 Å². The van der Waals surface area contributed by atoms with E-state index in [1.54, 1.807) is 18.3 Å². The molecule has 0 spiro atoms. The van der Waals surface area contributed by atoms with Gasteiger partial charge in [-0.05, 0) is 57.9 Å². The van der Waals surface area contributed by atoms with Gasteiger partial charge < -0.3 is 15.2 Å². The second-order valence-corrected chi connectivity index (χ2v) is 8.18. The van der Waals surface area contributed by atoms with Crippen molar-refractivity contribution < 1.29 is 14.6 Å². The lowest BCUT2D eigenvalue weighted by Gasteiger charge is -2.41. The van der Waals surface area contributed by atoms with Crippen molar-refractivity contribution in [2.24, 2.45) is 0 Å². The number of carbonyl (C=O) groups excluding carboxylic acids is 1. The molecule has 1 aromatic carbocycles. The number of hydrogen-bond donors (Lipinski definition) is 2. The summed E-state index contributed by atoms with van der Waals surface area (Å²) in [4.78, 5) is 15.9. The number of nitrogens with one attached hydrogen (secondary N) is 1. The van der Waals surface area contributed by atoms with E-state index in [4.69, 9.17) is 4.74 Å². The average Bonchev–Trinajstić information content (AvgIpc) is 2.57. The Balaban J connectivity index is 1.91. The van der Waals surface area contributed by atoms with E-state index in [1.807, 2.05) is 12.1 Å². The molecule has 3 rings (SSSR count). The summed E-state index contributed by atoms with van der Waals surface area (Å²) in [5.41, 5.74) is 3.01. The molecule has 2 heterocycles. The maximum absolute atomic E-state index is 11.2. The van der Waals surface area contributed by atoms with Gasteiger partial charge in [-0.2, -0.15) is 0 Å². The van der Waals surface area contributed by atoms with E-state index in [2.05, 4.69) is 44.1 Å². The van der Waals surface area contributed by atoms with E-state index in [0.717, 1.165) is 17.7 Å². The van der Waals surface area contributed by atoms with Crippen molar-refractivity contribution in [1.82, 2.24) is 10.3 Å². The summed E-state index contributed by atoms with van der Waals surface area (Å²) in [5, 5.41) is 13.5. The molecule has 0 atom stereocenters. The normalized spacial score (nSPS) is 17.9. The zero-order chi connectivity index (χ0) is 19.7. The molecule has 0 bridgehead atoms. The maximum atomic E-state index is 11.2. The first kappa shape index (κ1) is 19.1. The van der Waals surface area contributed by atoms with E-state index in [0.29, 0.717) is 12.0 Å². The Bertz CT molecular complexity index is 885. The fraction of sp³-hybridized carbons (Fsp3) is 0.364. The molecule has 0 aliphatic carbocycles. The van der Waals surface area contributed by atoms with Crippen LogP contribution < -0.4 is 10.1 Å². The van der Waals surface area contributed by atoms with Crippen LogP contribution in [0.25, 0.3) is 5.57 Å². The third kappa shape index (κ3) is 4.37. The van der Waals surface area contributed by atoms with Gasteiger partial charge in [0.1, 0.15) is 18.1 Å². The van der Waals surface area contributed by atoms with Gasteiger partial charge in [0.25, 0.3) is 0 Å². The molecule has 1 aliphatic rings. The SMILES string of the molecule is CC1(C)C=C(c2ncccc2COc2cccc(O)c2C=O)CC(C)(C)N1. The molecule has 2 N–H and O–H groups in total. The molecule has 0 saturated heterocycles. The van der Waals surface area contributed by atoms with Gasteiger partial charge in [0.15, 0.2) is 6.29 Å². The number of carbonyl (C=O) groups is 1. The highest BCUT2D eigenvalue weighted by atomic mass is 16.5. The Morgan fingerprint density at radius 3 is 2.70 bits per heavy atom. The van der Waals surface area contributed by atoms with Gasteiger partial charge in [0, 0.05) is 22.8 Å². The van der Waals surface area contributed by atoms with Crippen LogP contribution >= 0.6 is 0 Å². The van der Waals surface area contributed by atoms with Gasteiger partial charge in [-0.1, -0.05) is 18.2 Å². The number of pyridine rings is 1. The van der Waals surface area contributed by atoms with Gasteiger partial charge in [0.05, 0.1) is 11.3 Å². The van der Waals surface area contributed by atoms with E-state index in [9.17, 15) is 9.90 Å². The first-order chi connectivity index (χ1) is 12.7. The molecule has 0 saturated carbocycles. The van der Waals surface area contributed by atoms with E-state index in [-0.39, 0.29) is 29.0 Å². The van der Waals surface area contributed by atoms with Crippen molar-refractivity contribution in [3.8, 4) is 11.5 Å². The zero-order valence-corrected chi connectivity index (χ0v) is 16.2. The summed E-state index contributed by atoms with van der Waals surface area (Å²) >= 11 is 0. The fourth-order valence-corrected chi connectivity index (χ4v) is 3.84. The molecule has 0 radical (unpaired) electrons. The lowest BCUT2D eigenvalue weighted by molar-refractivity contribution is 0.111. The molecule has 0 amide bonds. The summed E-state index contributed by atoms with van der Waals surface area (Å²) in [6, 6.07) is 8.66. The minimum absolute atomic E-state index is 0.0425. The van der Waals surface area contributed by atoms with Gasteiger partial charge in [0.2, 0.25) is 0 Å². The fourth-order valence-electron chi connectivity index (χ4n) is 3.84. The molecule has 1 aromatic heterocycles. The highest BCUT2D eigenvalue weighted by molar-refractivity contribution is 5.83. The second kappa shape index (κ2) is 7.16. The lowest BCUT2D eigenvalue weighted by atomic mass is 9.81. The number of phenolic OH excluding ortho intramolecular Hbond substituents is 1. The Morgan fingerprint density at radius 1 is 1.22 bits per heavy atom. The van der Waals surface area contributed by atoms with Crippen molar-refractivity contribution in [1.29, 1.82) is 0 Å². The smallest absolute Gasteiger partial charge is 0.157 e. The minimum Gasteiger partial charge on any atom is -0.507 e. The molecule has 0 unspecified atom stereocenters. The van der Waals surface area contributed by atoms with E-state index >= 15 is 0 Å². The summed E-state index contributed by atoms with van der Waals surface area (Å²) < 4.78 is 5.86. The number of phenols is 1. The van der Waals surface area contributed by atoms with Gasteiger partial charge in [-0.15, -0.1) is 0 Å². The molecular weight excluding hydrogens is 340 g/mol. The van der Waals surface area contributed by atoms with Crippen molar-refractivity contribution in [3.05, 3.63) is 59.4 Å². The lowest BCUT2D eigenvalue weighted by Crippen LogP contribution is -2.53. The highest BCUT2D eigenvalue weighted by Gasteiger charge is 2.33. The largest absolute Gasteiger partial charge is 0.507 e. The van der Waals surface area contributed by atoms with Crippen LogP contribution in [0, 0.1) is 0 Å². The Kier molecular flexibility index (Phi) is 5.07. The van der Waals surface area contributed by atoms with Crippen LogP contribution in [0.15, 0.2) is 42.6 Å². The molecule has 0 fully saturated rings. The summed E-state index contributed by atoms with van der Waals surface area (Å²) in [6.45, 7) is 8.93. The standard InChI is InChI=1S/C22H26N2O3/c1-21(2)11-16(12-22(3,4)24-21)20-15(7-6-10-23-20)14-27-19-9-5-8-18(26)17(19)13-25/h5-11,13,24,26H,12,14H2,1-4H3. The molecule has 1 aliphatic heterocycles. The quantitative estimate of drug-likeness (QED) is 0.779. The van der Waals surface area contributed by atoms with Crippen molar-refractivity contribution in [3.63, 3.8) is 0 Å². The van der Waals surface area contributed by atoms with Gasteiger partial charge in [-0.25, -0.2) is 0 Å². The summed E-state index contributed by atoms with van der Waals surface area (Å²) in [6.07, 6.45) is 5.46. The van der Waals surface area contributed by atoms with Crippen molar-refractivity contribution in [2.45, 2.75) is 51.8 Å². The van der Waals surface area contributed by atoms with Crippen LogP contribution in [0.2, 0.25) is 0 Å². The number of ether oxygens (including phenoxy) is 1. The zero-order valence-electron chi connectivity index (χ0n) is 16.2. The topological polar surface area (TPSA) is 71.5 Å². The first-order valence-corrected chi connectivity index (χ1v) is 9.06. The number of nitrogens with zero attached hydrogens (tertiary/aromatic N) is 1. The monoisotopic (exact) mass is 366 g/mol. The van der Waals surface area contributed by atoms with E-state index < -0.39 is 0 Å². The molecule has 27 heavy (non-hydrogen) atoms. The Labute approximate surface area is 160 Å². The van der Waals surface area contributed by atoms with Crippen LogP contribution in [0.3, 0.4) is 0 Å². The number of benzene rings is 1. The summed E-state index contributed by atoms with van der Waals surface area (Å²) in [7, 11) is 0. The number of rotatable bonds is 5. The minimum atomic E-state index is -0.136. The van der Waals surface area contributed by atoms with Crippen molar-refractivity contribution in [2.75, 3.05) is 0 Å². The van der Waals surface area contributed by atoms with Crippen LogP contribution in [0.5, 0.6) is 11.5 Å². The van der Waals surface area contributed by atoms with Gasteiger partial charge in [-0.3, -0.25) is 9.78 Å². The predicted molar refractivity (Wildman–Crippen MR) is 106 cm³/mol. The van der Waals surface area contributed by atoms with Crippen molar-refractivity contribution >= 4 is 11.9 Å². The van der Waals surface area contributed by atoms with E-state index in [1.165, 1.54) is 11.6 Å². The van der Waals surface area contributed by atoms with Crippen LogP contribution in [0.1, 0.15) is 55.7 Å². The highest BCUT2D eigenvalue weighted by Crippen LogP contribution is 2.34. The predicted octanol–water partition coefficient (Wildman–Crippen LogP) is 4.11. The maximum Gasteiger partial charge on any atom is 0.157 e. The Hall–Kier alpha value is -2.66. The molecule has 142 valence electrons. The Morgan fingerprint density at radius 2 is 2.00 bits per heavy atom. The third-order valence-electron chi connectivity index (χ3n) is 4.57. The molecule has 5 nitrogen and oxygen atoms in total. The van der Waals surface area contributed by atoms with Gasteiger partial charge >= 0.3 is 0 Å². The number of aromatic hydroxyl groups is 1. The van der Waals surface area contributed by atoms with Crippen LogP contribution in [-0.2, 0) is 6.61 Å². The summed E-state index contributed by atoms with van der Waals surface area (Å²) in [5.74, 6) is 0.276. The second-order valence-electron chi connectivity index (χ2n) is 8.18. The van der Waals surface area contributed by atoms with Crippen LogP contribution in [-0.4, -0.2) is 27.5 Å². The molecule has 5 heteroatoms. The third-order valence-corrected chi connectivity index (χ3v) is 4.57. The molecule has 2 aromatic rings. The number of aldehydes is 1. The number of aromatic nitrogens is 1. The number of hydrogen-bond acceptors (Lipinski definition) is 5. The average molecular weight is 366 g/mol. The molecular formula is C22H26N2O3.